The van der Waals surface area contributed by atoms with Gasteiger partial charge in [-0.1, -0.05) is 0 Å². The summed E-state index contributed by atoms with van der Waals surface area (Å²) in [6.07, 6.45) is -7.66. The molecule has 2 aromatic rings. The largest absolute Gasteiger partial charge is 0.462 e. The second-order valence-electron chi connectivity index (χ2n) is 4.34. The van der Waals surface area contributed by atoms with Crippen molar-refractivity contribution in [2.24, 2.45) is 0 Å². The van der Waals surface area contributed by atoms with E-state index in [9.17, 15) is 31.5 Å². The van der Waals surface area contributed by atoms with Crippen LogP contribution in [0.25, 0.3) is 10.8 Å². The number of aromatic nitrogens is 2. The van der Waals surface area contributed by atoms with Crippen LogP contribution in [0.2, 0.25) is 0 Å². The Kier molecular flexibility index (Phi) is 4.35. The van der Waals surface area contributed by atoms with E-state index in [1.54, 1.807) is 0 Å². The Balaban J connectivity index is 3.01. The molecule has 0 atom stereocenters. The molecule has 0 saturated heterocycles. The van der Waals surface area contributed by atoms with Crippen molar-refractivity contribution in [2.45, 2.75) is 19.5 Å². The van der Waals surface area contributed by atoms with E-state index >= 15 is 0 Å². The van der Waals surface area contributed by atoms with Crippen molar-refractivity contribution in [3.05, 3.63) is 39.6 Å². The molecule has 0 bridgehead atoms. The van der Waals surface area contributed by atoms with E-state index in [1.807, 2.05) is 0 Å². The van der Waals surface area contributed by atoms with Crippen LogP contribution in [0.1, 0.15) is 35.1 Å². The summed E-state index contributed by atoms with van der Waals surface area (Å²) in [7, 11) is 0. The molecule has 0 fully saturated rings. The lowest BCUT2D eigenvalue weighted by atomic mass is 10.0. The van der Waals surface area contributed by atoms with Gasteiger partial charge in [-0.25, -0.2) is 18.6 Å². The fourth-order valence-electron chi connectivity index (χ4n) is 2.07. The van der Waals surface area contributed by atoms with Gasteiger partial charge in [-0.05, 0) is 13.0 Å². The highest BCUT2D eigenvalue weighted by Crippen LogP contribution is 2.36. The minimum atomic E-state index is -5.18. The fourth-order valence-corrected chi connectivity index (χ4v) is 2.07. The van der Waals surface area contributed by atoms with E-state index < -0.39 is 51.9 Å². The topological polar surface area (TPSA) is 72.0 Å². The molecule has 5 nitrogen and oxygen atoms in total. The quantitative estimate of drug-likeness (QED) is 0.691. The molecule has 0 unspecified atom stereocenters. The first-order valence-corrected chi connectivity index (χ1v) is 6.26. The number of ether oxygens (including phenoxy) is 1. The van der Waals surface area contributed by atoms with Crippen molar-refractivity contribution in [1.29, 1.82) is 0 Å². The van der Waals surface area contributed by atoms with Gasteiger partial charge < -0.3 is 9.72 Å². The minimum absolute atomic E-state index is 0.239. The lowest BCUT2D eigenvalue weighted by Gasteiger charge is -2.15. The predicted octanol–water partition coefficient (Wildman–Crippen LogP) is 3.06. The van der Waals surface area contributed by atoms with E-state index in [4.69, 9.17) is 0 Å². The van der Waals surface area contributed by atoms with E-state index in [0.717, 1.165) is 12.3 Å². The van der Waals surface area contributed by atoms with Crippen molar-refractivity contribution in [1.82, 2.24) is 9.97 Å². The molecule has 1 N–H and O–H groups in total. The molecular formula is C13H9F5N2O3. The van der Waals surface area contributed by atoms with Gasteiger partial charge in [0.25, 0.3) is 12.0 Å². The van der Waals surface area contributed by atoms with Crippen molar-refractivity contribution >= 4 is 16.7 Å². The van der Waals surface area contributed by atoms with Crippen LogP contribution in [-0.2, 0) is 10.9 Å². The second-order valence-corrected chi connectivity index (χ2v) is 4.34. The van der Waals surface area contributed by atoms with Crippen LogP contribution in [0.15, 0.2) is 17.1 Å². The summed E-state index contributed by atoms with van der Waals surface area (Å²) in [6.45, 7) is 1.12. The van der Waals surface area contributed by atoms with Crippen LogP contribution in [0.3, 0.4) is 0 Å². The Hall–Kier alpha value is -2.52. The standard InChI is InChI=1S/C13H9F5N2O3/c1-2-23-12(22)7-5-3-4-19-11(21)6(5)8(10(14)15)20-9(7)13(16,17)18/h3-4,10H,2H2,1H3,(H,19,21). The van der Waals surface area contributed by atoms with Gasteiger partial charge in [-0.3, -0.25) is 4.79 Å². The number of carbonyl (C=O) groups is 1. The molecule has 0 radical (unpaired) electrons. The zero-order valence-corrected chi connectivity index (χ0v) is 11.5. The van der Waals surface area contributed by atoms with Crippen molar-refractivity contribution in [2.75, 3.05) is 6.61 Å². The van der Waals surface area contributed by atoms with Crippen LogP contribution < -0.4 is 5.56 Å². The van der Waals surface area contributed by atoms with Gasteiger partial charge in [0.2, 0.25) is 0 Å². The van der Waals surface area contributed by atoms with Gasteiger partial charge in [-0.2, -0.15) is 13.2 Å². The molecule has 0 saturated carbocycles. The minimum Gasteiger partial charge on any atom is -0.462 e. The summed E-state index contributed by atoms with van der Waals surface area (Å²) >= 11 is 0. The molecule has 23 heavy (non-hydrogen) atoms. The Morgan fingerprint density at radius 3 is 2.57 bits per heavy atom. The van der Waals surface area contributed by atoms with E-state index in [0.29, 0.717) is 0 Å². The maximum Gasteiger partial charge on any atom is 0.434 e. The van der Waals surface area contributed by atoms with Crippen LogP contribution >= 0.6 is 0 Å². The molecule has 2 rings (SSSR count). The summed E-state index contributed by atoms with van der Waals surface area (Å²) < 4.78 is 69.9. The zero-order valence-electron chi connectivity index (χ0n) is 11.5. The molecular weight excluding hydrogens is 327 g/mol. The second kappa shape index (κ2) is 5.94. The third-order valence-corrected chi connectivity index (χ3v) is 2.91. The smallest absolute Gasteiger partial charge is 0.434 e. The zero-order chi connectivity index (χ0) is 17.4. The number of halogens is 5. The van der Waals surface area contributed by atoms with Crippen LogP contribution in [-0.4, -0.2) is 22.5 Å². The summed E-state index contributed by atoms with van der Waals surface area (Å²) in [5, 5.41) is -1.37. The van der Waals surface area contributed by atoms with Crippen molar-refractivity contribution in [3.8, 4) is 0 Å². The molecule has 0 aliphatic carbocycles. The number of alkyl halides is 5. The lowest BCUT2D eigenvalue weighted by molar-refractivity contribution is -0.141. The molecule has 10 heteroatoms. The molecule has 2 aromatic heterocycles. The molecule has 124 valence electrons. The Labute approximate surface area is 125 Å². The number of aromatic amines is 1. The first-order chi connectivity index (χ1) is 10.7. The van der Waals surface area contributed by atoms with E-state index in [1.165, 1.54) is 6.92 Å². The van der Waals surface area contributed by atoms with Gasteiger partial charge in [0.1, 0.15) is 5.69 Å². The first kappa shape index (κ1) is 16.8. The average Bonchev–Trinajstić information content (AvgIpc) is 2.44. The monoisotopic (exact) mass is 336 g/mol. The van der Waals surface area contributed by atoms with E-state index in [2.05, 4.69) is 14.7 Å². The lowest BCUT2D eigenvalue weighted by Crippen LogP contribution is -2.22. The van der Waals surface area contributed by atoms with Crippen LogP contribution in [0, 0.1) is 0 Å². The third kappa shape index (κ3) is 3.01. The van der Waals surface area contributed by atoms with Crippen molar-refractivity contribution in [3.63, 3.8) is 0 Å². The molecule has 2 heterocycles. The number of carbonyl (C=O) groups excluding carboxylic acids is 1. The SMILES string of the molecule is CCOC(=O)c1c(C(F)(F)F)nc(C(F)F)c2c(=O)[nH]ccc12. The number of pyridine rings is 2. The summed E-state index contributed by atoms with van der Waals surface area (Å²) in [5.41, 5.74) is -5.30. The fraction of sp³-hybridized carbons (Fsp3) is 0.308. The van der Waals surface area contributed by atoms with Gasteiger partial charge in [0.15, 0.2) is 5.69 Å². The molecule has 0 aromatic carbocycles. The highest BCUT2D eigenvalue weighted by atomic mass is 19.4. The summed E-state index contributed by atoms with van der Waals surface area (Å²) in [6, 6.07) is 0.922. The summed E-state index contributed by atoms with van der Waals surface area (Å²) in [5.74, 6) is -1.40. The Morgan fingerprint density at radius 1 is 1.39 bits per heavy atom. The van der Waals surface area contributed by atoms with Gasteiger partial charge in [-0.15, -0.1) is 0 Å². The number of H-pyrrole nitrogens is 1. The molecule has 0 spiro atoms. The van der Waals surface area contributed by atoms with Crippen molar-refractivity contribution < 1.29 is 31.5 Å². The highest BCUT2D eigenvalue weighted by Gasteiger charge is 2.40. The summed E-state index contributed by atoms with van der Waals surface area (Å²) in [4.78, 5) is 28.5. The Morgan fingerprint density at radius 2 is 2.04 bits per heavy atom. The number of hydrogen-bond acceptors (Lipinski definition) is 4. The van der Waals surface area contributed by atoms with E-state index in [-0.39, 0.29) is 6.61 Å². The molecule has 0 aliphatic rings. The van der Waals surface area contributed by atoms with Crippen LogP contribution in [0.5, 0.6) is 0 Å². The first-order valence-electron chi connectivity index (χ1n) is 6.26. The number of nitrogens with one attached hydrogen (secondary N) is 1. The maximum atomic E-state index is 13.1. The molecule has 0 aliphatic heterocycles. The Bertz CT molecular complexity index is 814. The number of rotatable bonds is 3. The van der Waals surface area contributed by atoms with Crippen LogP contribution in [0.4, 0.5) is 22.0 Å². The average molecular weight is 336 g/mol. The van der Waals surface area contributed by atoms with Gasteiger partial charge in [0, 0.05) is 11.6 Å². The third-order valence-electron chi connectivity index (χ3n) is 2.91. The number of esters is 1. The maximum absolute atomic E-state index is 13.1. The number of hydrogen-bond donors (Lipinski definition) is 1. The predicted molar refractivity (Wildman–Crippen MR) is 68.3 cm³/mol. The molecule has 0 amide bonds. The van der Waals surface area contributed by atoms with Gasteiger partial charge >= 0.3 is 12.1 Å². The normalized spacial score (nSPS) is 12.0. The highest BCUT2D eigenvalue weighted by molar-refractivity contribution is 6.05. The van der Waals surface area contributed by atoms with Gasteiger partial charge in [0.05, 0.1) is 17.6 Å². The number of nitrogens with zero attached hydrogens (tertiary/aromatic N) is 1. The number of fused-ring (bicyclic) bond motifs is 1.